The van der Waals surface area contributed by atoms with Crippen LogP contribution in [0.5, 0.6) is 0 Å². The number of hydroxylamine groups is 1. The largest absolute Gasteiger partial charge is 0.467 e. The molecular weight excluding hydrogens is 1360 g/mol. The van der Waals surface area contributed by atoms with E-state index in [0.717, 1.165) is 55.2 Å². The van der Waals surface area contributed by atoms with E-state index in [1.54, 1.807) is 93.6 Å². The third-order valence-corrected chi connectivity index (χ3v) is 15.2. The summed E-state index contributed by atoms with van der Waals surface area (Å²) in [7, 11) is 2.42. The Labute approximate surface area is 623 Å². The van der Waals surface area contributed by atoms with Crippen molar-refractivity contribution in [2.24, 2.45) is 0 Å². The van der Waals surface area contributed by atoms with Crippen LogP contribution in [0.25, 0.3) is 0 Å². The van der Waals surface area contributed by atoms with Gasteiger partial charge in [-0.05, 0) is 204 Å². The van der Waals surface area contributed by atoms with Crippen molar-refractivity contribution in [2.75, 3.05) is 53.5 Å². The van der Waals surface area contributed by atoms with E-state index in [9.17, 15) is 47.9 Å². The van der Waals surface area contributed by atoms with Gasteiger partial charge in [0.25, 0.3) is 23.6 Å². The van der Waals surface area contributed by atoms with Crippen molar-refractivity contribution in [2.45, 2.75) is 109 Å². The smallest absolute Gasteiger partial charge is 0.411 e. The zero-order valence-electron chi connectivity index (χ0n) is 59.2. The van der Waals surface area contributed by atoms with Crippen molar-refractivity contribution in [3.8, 4) is 71.0 Å². The van der Waals surface area contributed by atoms with E-state index in [2.05, 4.69) is 114 Å². The fraction of sp³-hybridized carbons (Fsp3) is 0.301. The van der Waals surface area contributed by atoms with Crippen LogP contribution < -0.4 is 48.0 Å². The lowest BCUT2D eigenvalue weighted by molar-refractivity contribution is -0.143. The molecule has 0 spiro atoms. The van der Waals surface area contributed by atoms with Crippen molar-refractivity contribution in [1.29, 1.82) is 0 Å². The minimum Gasteiger partial charge on any atom is -0.467 e. The van der Waals surface area contributed by atoms with Crippen LogP contribution in [-0.2, 0) is 43.0 Å². The lowest BCUT2D eigenvalue weighted by atomic mass is 10.1. The molecule has 24 heteroatoms. The average Bonchev–Trinajstić information content (AvgIpc) is 1.71. The molecule has 0 aromatic heterocycles. The number of amides is 8. The Balaban J connectivity index is 0.000000252. The Hall–Kier alpha value is -12.9. The zero-order valence-corrected chi connectivity index (χ0v) is 59.2. The lowest BCUT2D eigenvalue weighted by Gasteiger charge is -2.27. The first-order valence-electron chi connectivity index (χ1n) is 34.0. The highest BCUT2D eigenvalue weighted by Gasteiger charge is 2.37. The second kappa shape index (κ2) is 43.9. The summed E-state index contributed by atoms with van der Waals surface area (Å²) in [5.74, 6) is 29.5. The molecule has 10 N–H and O–H groups in total. The molecule has 9 rings (SSSR count). The van der Waals surface area contributed by atoms with Gasteiger partial charge in [-0.15, -0.1) is 0 Å². The fourth-order valence-corrected chi connectivity index (χ4v) is 9.06. The summed E-state index contributed by atoms with van der Waals surface area (Å²) in [6, 6.07) is 45.5. The second-order valence-electron chi connectivity index (χ2n) is 25.0. The van der Waals surface area contributed by atoms with E-state index >= 15 is 0 Å². The highest BCUT2D eigenvalue weighted by atomic mass is 16.6. The number of carbonyl (C=O) groups excluding carboxylic acids is 10. The molecule has 3 aliphatic carbocycles. The molecule has 24 nitrogen and oxygen atoms in total. The van der Waals surface area contributed by atoms with Gasteiger partial charge in [0, 0.05) is 87.8 Å². The molecule has 6 aromatic carbocycles. The molecule has 0 radical (unpaired) electrons. The van der Waals surface area contributed by atoms with Gasteiger partial charge in [0.2, 0.25) is 17.7 Å². The van der Waals surface area contributed by atoms with Crippen LogP contribution in [0.4, 0.5) is 4.79 Å². The fourth-order valence-electron chi connectivity index (χ4n) is 9.06. The molecule has 107 heavy (non-hydrogen) atoms. The van der Waals surface area contributed by atoms with Gasteiger partial charge in [-0.25, -0.2) is 19.9 Å². The van der Waals surface area contributed by atoms with Crippen molar-refractivity contribution in [3.63, 3.8) is 0 Å². The Morgan fingerprint density at radius 3 is 1.02 bits per heavy atom. The van der Waals surface area contributed by atoms with E-state index in [1.165, 1.54) is 24.6 Å². The summed E-state index contributed by atoms with van der Waals surface area (Å²) < 4.78 is 14.9. The van der Waals surface area contributed by atoms with Gasteiger partial charge >= 0.3 is 18.0 Å². The minimum atomic E-state index is -1.14. The van der Waals surface area contributed by atoms with Gasteiger partial charge in [-0.2, -0.15) is 0 Å². The standard InChI is InChI=1S/C31H33N3O6.C26H25N3O4.C25H24N4O4.CH4/c1-31(2,3)40-30(38)34(25-18-19-25)21-27(35)32-20-26(29(37)39-4)33-28(36)24-16-14-23(15-17-24)13-9-8-12-22-10-6-5-7-11-22;1-33-26(32)23(17-28-24(30)18-27-22-15-16-22)29-25(31)21-13-11-20(12-14-21)10-6-5-9-19-7-3-2-4-8-19;30-23(17-26-21-14-15-21)27-16-22(25(32)29-33)28-24(31)20-12-10-19(11-13-20)9-5-4-8-18-6-2-1-3-7-18;/h5-7,10-11,14-17,25-26H,18-21H2,1-4H3,(H,32,35)(H,33,36);2-4,7-8,11-14,22-23,27H,15-18H2,1H3,(H,28,30)(H,29,31);1-3,6-7,10-13,21-22,26,33H,14-17H2,(H,27,30)(H,28,31)(H,29,32);1H4/t26-;23-;22-;/m000./s1. The number of nitrogens with zero attached hydrogens (tertiary/aromatic N) is 1. The van der Waals surface area contributed by atoms with E-state index < -0.39 is 71.3 Å². The lowest BCUT2D eigenvalue weighted by Crippen LogP contribution is -2.52. The molecule has 3 atom stereocenters. The highest BCUT2D eigenvalue weighted by molar-refractivity contribution is 5.99. The van der Waals surface area contributed by atoms with Gasteiger partial charge < -0.3 is 56.7 Å². The number of hydrogen-bond donors (Lipinski definition) is 10. The van der Waals surface area contributed by atoms with Crippen molar-refractivity contribution >= 4 is 59.4 Å². The molecule has 0 bridgehead atoms. The van der Waals surface area contributed by atoms with Gasteiger partial charge in [0.15, 0.2) is 0 Å². The molecule has 3 fully saturated rings. The Kier molecular flexibility index (Phi) is 34.0. The summed E-state index contributed by atoms with van der Waals surface area (Å²) in [5, 5.41) is 30.6. The molecule has 3 saturated carbocycles. The summed E-state index contributed by atoms with van der Waals surface area (Å²) in [5.41, 5.74) is 6.43. The van der Waals surface area contributed by atoms with Gasteiger partial charge in [-0.3, -0.25) is 43.7 Å². The topological polar surface area (TPSA) is 330 Å². The van der Waals surface area contributed by atoms with Crippen molar-refractivity contribution < 1.29 is 67.4 Å². The third-order valence-electron chi connectivity index (χ3n) is 15.2. The normalized spacial score (nSPS) is 12.7. The number of nitrogens with one attached hydrogen (secondary N) is 9. The van der Waals surface area contributed by atoms with Crippen LogP contribution in [-0.4, -0.2) is 165 Å². The molecular formula is C83H86N10O14. The Bertz CT molecular complexity index is 4270. The first-order chi connectivity index (χ1) is 51.1. The number of benzene rings is 6. The number of esters is 2. The molecule has 0 saturated heterocycles. The molecule has 3 aliphatic rings. The first kappa shape index (κ1) is 83.0. The minimum absolute atomic E-state index is 0. The van der Waals surface area contributed by atoms with Crippen LogP contribution >= 0.6 is 0 Å². The monoisotopic (exact) mass is 1450 g/mol. The van der Waals surface area contributed by atoms with Crippen LogP contribution in [0, 0.1) is 71.0 Å². The molecule has 552 valence electrons. The Morgan fingerprint density at radius 2 is 0.729 bits per heavy atom. The summed E-state index contributed by atoms with van der Waals surface area (Å²) in [6.45, 7) is 4.90. The summed E-state index contributed by atoms with van der Waals surface area (Å²) in [6.07, 6.45) is 5.24. The average molecular weight is 1450 g/mol. The van der Waals surface area contributed by atoms with E-state index in [-0.39, 0.29) is 64.6 Å². The third kappa shape index (κ3) is 32.1. The molecule has 0 unspecified atom stereocenters. The molecule has 6 aromatic rings. The molecule has 8 amide bonds. The predicted molar refractivity (Wildman–Crippen MR) is 401 cm³/mol. The van der Waals surface area contributed by atoms with Crippen LogP contribution in [0.1, 0.15) is 131 Å². The first-order valence-corrected chi connectivity index (χ1v) is 34.0. The van der Waals surface area contributed by atoms with Crippen LogP contribution in [0.3, 0.4) is 0 Å². The number of rotatable bonds is 24. The summed E-state index contributed by atoms with van der Waals surface area (Å²) in [4.78, 5) is 124. The number of carbonyl (C=O) groups is 10. The van der Waals surface area contributed by atoms with Gasteiger partial charge in [-0.1, -0.05) is 97.5 Å². The van der Waals surface area contributed by atoms with Gasteiger partial charge in [0.1, 0.15) is 30.3 Å². The number of methoxy groups -OCH3 is 2. The number of ether oxygens (including phenoxy) is 3. The SMILES string of the molecule is C.COC(=O)[C@H](CNC(=O)CN(C(=O)OC(C)(C)C)C1CC1)NC(=O)c1ccc(C#CC#Cc2ccccc2)cc1.COC(=O)[C@H](CNC(=O)CNC1CC1)NC(=O)c1ccc(C#CC#Cc2ccccc2)cc1.O=C(CNC1CC1)NC[C@H](NC(=O)c1ccc(C#CC#Cc2ccccc2)cc1)C(=O)NO. The van der Waals surface area contributed by atoms with Crippen LogP contribution in [0.15, 0.2) is 164 Å². The van der Waals surface area contributed by atoms with Crippen molar-refractivity contribution in [3.05, 3.63) is 214 Å². The van der Waals surface area contributed by atoms with Gasteiger partial charge in [0.05, 0.1) is 27.3 Å². The van der Waals surface area contributed by atoms with Crippen molar-refractivity contribution in [1.82, 2.24) is 52.9 Å². The van der Waals surface area contributed by atoms with E-state index in [0.29, 0.717) is 45.5 Å². The van der Waals surface area contributed by atoms with Crippen LogP contribution in [0.2, 0.25) is 0 Å². The highest BCUT2D eigenvalue weighted by Crippen LogP contribution is 2.28. The Morgan fingerprint density at radius 1 is 0.430 bits per heavy atom. The van der Waals surface area contributed by atoms with E-state index in [1.807, 2.05) is 91.0 Å². The molecule has 0 aliphatic heterocycles. The zero-order chi connectivity index (χ0) is 76.1. The molecule has 0 heterocycles. The van der Waals surface area contributed by atoms with E-state index in [4.69, 9.17) is 19.4 Å². The summed E-state index contributed by atoms with van der Waals surface area (Å²) >= 11 is 0. The predicted octanol–water partition coefficient (Wildman–Crippen LogP) is 5.30. The maximum Gasteiger partial charge on any atom is 0.411 e. The quantitative estimate of drug-likeness (QED) is 0.0121. The maximum absolute atomic E-state index is 12.8. The number of hydrogen-bond acceptors (Lipinski definition) is 16. The second-order valence-corrected chi connectivity index (χ2v) is 25.0. The maximum atomic E-state index is 12.8.